The van der Waals surface area contributed by atoms with Gasteiger partial charge in [-0.3, -0.25) is 4.79 Å². The van der Waals surface area contributed by atoms with Gasteiger partial charge in [-0.2, -0.15) is 0 Å². The molecular weight excluding hydrogens is 220 g/mol. The number of nitrogens with one attached hydrogen (secondary N) is 2. The summed E-state index contributed by atoms with van der Waals surface area (Å²) in [5.41, 5.74) is 3.29. The van der Waals surface area contributed by atoms with Crippen LogP contribution in [0, 0.1) is 6.92 Å². The lowest BCUT2D eigenvalue weighted by atomic mass is 10.1. The van der Waals surface area contributed by atoms with Gasteiger partial charge < -0.3 is 10.6 Å². The summed E-state index contributed by atoms with van der Waals surface area (Å²) >= 11 is 5.04. The average Bonchev–Trinajstić information content (AvgIpc) is 2.20. The molecule has 0 saturated heterocycles. The topological polar surface area (TPSA) is 41.1 Å². The third-order valence-electron chi connectivity index (χ3n) is 2.27. The Morgan fingerprint density at radius 3 is 2.69 bits per heavy atom. The minimum atomic E-state index is -0.163. The lowest BCUT2D eigenvalue weighted by Gasteiger charge is -2.14. The molecule has 0 aromatic heterocycles. The number of anilines is 1. The van der Waals surface area contributed by atoms with E-state index < -0.39 is 0 Å². The van der Waals surface area contributed by atoms with E-state index in [-0.39, 0.29) is 5.91 Å². The predicted octanol–water partition coefficient (Wildman–Crippen LogP) is 2.39. The van der Waals surface area contributed by atoms with Crippen molar-refractivity contribution in [1.82, 2.24) is 5.32 Å². The molecule has 0 saturated carbocycles. The van der Waals surface area contributed by atoms with Crippen LogP contribution in [0.4, 0.5) is 5.69 Å². The number of benzene rings is 1. The van der Waals surface area contributed by atoms with Gasteiger partial charge in [0.05, 0.1) is 0 Å². The van der Waals surface area contributed by atoms with Gasteiger partial charge in [0.1, 0.15) is 0 Å². The Balaban J connectivity index is 2.87. The summed E-state index contributed by atoms with van der Waals surface area (Å²) in [6.45, 7) is 5.53. The van der Waals surface area contributed by atoms with Crippen molar-refractivity contribution >= 4 is 28.9 Å². The SMILES string of the molecule is CCc1cccc(C)c1NC(=S)NC(C)=O. The summed E-state index contributed by atoms with van der Waals surface area (Å²) in [4.78, 5) is 10.8. The number of hydrogen-bond acceptors (Lipinski definition) is 2. The molecule has 3 nitrogen and oxygen atoms in total. The maximum absolute atomic E-state index is 10.8. The van der Waals surface area contributed by atoms with Crippen LogP contribution in [-0.4, -0.2) is 11.0 Å². The fourth-order valence-corrected chi connectivity index (χ4v) is 1.75. The third kappa shape index (κ3) is 3.31. The van der Waals surface area contributed by atoms with E-state index in [0.29, 0.717) is 5.11 Å². The molecule has 0 aliphatic heterocycles. The zero-order valence-electron chi connectivity index (χ0n) is 9.76. The fourth-order valence-electron chi connectivity index (χ4n) is 1.51. The van der Waals surface area contributed by atoms with E-state index in [2.05, 4.69) is 17.6 Å². The Bertz CT molecular complexity index is 415. The number of para-hydroxylation sites is 1. The van der Waals surface area contributed by atoms with Gasteiger partial charge in [0.15, 0.2) is 5.11 Å². The number of thiocarbonyl (C=S) groups is 1. The molecule has 2 N–H and O–H groups in total. The minimum absolute atomic E-state index is 0.163. The van der Waals surface area contributed by atoms with Gasteiger partial charge in [0.2, 0.25) is 5.91 Å². The van der Waals surface area contributed by atoms with Crippen molar-refractivity contribution in [2.45, 2.75) is 27.2 Å². The van der Waals surface area contributed by atoms with Gasteiger partial charge >= 0.3 is 0 Å². The molecule has 0 fully saturated rings. The van der Waals surface area contributed by atoms with Crippen molar-refractivity contribution in [2.75, 3.05) is 5.32 Å². The van der Waals surface area contributed by atoms with Crippen molar-refractivity contribution in [3.05, 3.63) is 29.3 Å². The highest BCUT2D eigenvalue weighted by Gasteiger charge is 2.06. The summed E-state index contributed by atoms with van der Waals surface area (Å²) in [6, 6.07) is 6.07. The van der Waals surface area contributed by atoms with E-state index in [9.17, 15) is 4.79 Å². The van der Waals surface area contributed by atoms with Gasteiger partial charge in [0.25, 0.3) is 0 Å². The Kier molecular flexibility index (Phi) is 4.43. The highest BCUT2D eigenvalue weighted by Crippen LogP contribution is 2.20. The third-order valence-corrected chi connectivity index (χ3v) is 2.47. The molecule has 0 unspecified atom stereocenters. The molecule has 1 amide bonds. The van der Waals surface area contributed by atoms with E-state index >= 15 is 0 Å². The lowest BCUT2D eigenvalue weighted by Crippen LogP contribution is -2.32. The quantitative estimate of drug-likeness (QED) is 0.775. The van der Waals surface area contributed by atoms with E-state index in [0.717, 1.165) is 17.7 Å². The van der Waals surface area contributed by atoms with Gasteiger partial charge in [-0.25, -0.2) is 0 Å². The van der Waals surface area contributed by atoms with Crippen LogP contribution in [0.1, 0.15) is 25.0 Å². The summed E-state index contributed by atoms with van der Waals surface area (Å²) in [6.07, 6.45) is 0.923. The highest BCUT2D eigenvalue weighted by atomic mass is 32.1. The maximum atomic E-state index is 10.8. The Hall–Kier alpha value is -1.42. The van der Waals surface area contributed by atoms with E-state index in [1.54, 1.807) is 0 Å². The molecule has 0 aliphatic rings. The summed E-state index contributed by atoms with van der Waals surface area (Å²) < 4.78 is 0. The summed E-state index contributed by atoms with van der Waals surface area (Å²) in [7, 11) is 0. The molecule has 0 spiro atoms. The molecule has 1 aromatic carbocycles. The molecular formula is C12H16N2OS. The molecule has 0 aliphatic carbocycles. The van der Waals surface area contributed by atoms with Crippen LogP contribution in [0.2, 0.25) is 0 Å². The van der Waals surface area contributed by atoms with Crippen molar-refractivity contribution < 1.29 is 4.79 Å². The lowest BCUT2D eigenvalue weighted by molar-refractivity contribution is -0.117. The predicted molar refractivity (Wildman–Crippen MR) is 70.6 cm³/mol. The van der Waals surface area contributed by atoms with Crippen LogP contribution < -0.4 is 10.6 Å². The van der Waals surface area contributed by atoms with Crippen molar-refractivity contribution in [3.8, 4) is 0 Å². The number of rotatable bonds is 2. The zero-order valence-corrected chi connectivity index (χ0v) is 10.6. The number of hydrogen-bond donors (Lipinski definition) is 2. The molecule has 0 bridgehead atoms. The van der Waals surface area contributed by atoms with Crippen LogP contribution in [0.5, 0.6) is 0 Å². The smallest absolute Gasteiger partial charge is 0.222 e. The Morgan fingerprint density at radius 2 is 2.12 bits per heavy atom. The second-order valence-corrected chi connectivity index (χ2v) is 4.01. The number of carbonyl (C=O) groups excluding carboxylic acids is 1. The standard InChI is InChI=1S/C12H16N2OS/c1-4-10-7-5-6-8(2)11(10)14-12(16)13-9(3)15/h5-7H,4H2,1-3H3,(H2,13,14,15,16). The zero-order chi connectivity index (χ0) is 12.1. The van der Waals surface area contributed by atoms with Crippen molar-refractivity contribution in [3.63, 3.8) is 0 Å². The molecule has 86 valence electrons. The number of carbonyl (C=O) groups is 1. The Morgan fingerprint density at radius 1 is 1.44 bits per heavy atom. The fraction of sp³-hybridized carbons (Fsp3) is 0.333. The first-order valence-corrected chi connectivity index (χ1v) is 5.62. The van der Waals surface area contributed by atoms with Gasteiger partial charge in [-0.15, -0.1) is 0 Å². The molecule has 0 heterocycles. The molecule has 1 rings (SSSR count). The van der Waals surface area contributed by atoms with Crippen LogP contribution in [-0.2, 0) is 11.2 Å². The molecule has 4 heteroatoms. The minimum Gasteiger partial charge on any atom is -0.332 e. The highest BCUT2D eigenvalue weighted by molar-refractivity contribution is 7.80. The Labute approximate surface area is 101 Å². The van der Waals surface area contributed by atoms with Crippen LogP contribution in [0.15, 0.2) is 18.2 Å². The first-order chi connectivity index (χ1) is 7.54. The molecule has 1 aromatic rings. The first-order valence-electron chi connectivity index (χ1n) is 5.21. The first kappa shape index (κ1) is 12.6. The van der Waals surface area contributed by atoms with Crippen LogP contribution in [0.25, 0.3) is 0 Å². The summed E-state index contributed by atoms with van der Waals surface area (Å²) in [5.74, 6) is -0.163. The van der Waals surface area contributed by atoms with Crippen molar-refractivity contribution in [1.29, 1.82) is 0 Å². The number of amides is 1. The van der Waals surface area contributed by atoms with Gasteiger partial charge in [-0.05, 0) is 36.7 Å². The van der Waals surface area contributed by atoms with E-state index in [1.807, 2.05) is 25.1 Å². The second kappa shape index (κ2) is 5.61. The van der Waals surface area contributed by atoms with Crippen LogP contribution >= 0.6 is 12.2 Å². The molecule has 0 atom stereocenters. The van der Waals surface area contributed by atoms with Gasteiger partial charge in [-0.1, -0.05) is 25.1 Å². The van der Waals surface area contributed by atoms with Gasteiger partial charge in [0, 0.05) is 12.6 Å². The maximum Gasteiger partial charge on any atom is 0.222 e. The number of aryl methyl sites for hydroxylation is 2. The van der Waals surface area contributed by atoms with E-state index in [4.69, 9.17) is 12.2 Å². The second-order valence-electron chi connectivity index (χ2n) is 3.60. The summed E-state index contributed by atoms with van der Waals surface area (Å²) in [5, 5.41) is 5.96. The van der Waals surface area contributed by atoms with Crippen molar-refractivity contribution in [2.24, 2.45) is 0 Å². The normalized spacial score (nSPS) is 9.69. The largest absolute Gasteiger partial charge is 0.332 e. The average molecular weight is 236 g/mol. The monoisotopic (exact) mass is 236 g/mol. The molecule has 0 radical (unpaired) electrons. The van der Waals surface area contributed by atoms with E-state index in [1.165, 1.54) is 12.5 Å². The molecule has 16 heavy (non-hydrogen) atoms. The van der Waals surface area contributed by atoms with Crippen LogP contribution in [0.3, 0.4) is 0 Å².